The van der Waals surface area contributed by atoms with Crippen molar-refractivity contribution < 1.29 is 21.8 Å². The van der Waals surface area contributed by atoms with Crippen molar-refractivity contribution in [1.29, 1.82) is 0 Å². The smallest absolute Gasteiger partial charge is 0.307 e. The van der Waals surface area contributed by atoms with E-state index in [1.165, 1.54) is 16.2 Å². The molecule has 0 spiro atoms. The van der Waals surface area contributed by atoms with Gasteiger partial charge in [0.15, 0.2) is 5.13 Å². The molecule has 1 atom stereocenters. The van der Waals surface area contributed by atoms with Gasteiger partial charge in [-0.15, -0.1) is 3.89 Å². The van der Waals surface area contributed by atoms with Gasteiger partial charge < -0.3 is 4.74 Å². The average Bonchev–Trinajstić information content (AvgIpc) is 2.90. The van der Waals surface area contributed by atoms with Crippen LogP contribution in [0, 0.1) is 0 Å². The van der Waals surface area contributed by atoms with Gasteiger partial charge >= 0.3 is 10.2 Å². The summed E-state index contributed by atoms with van der Waals surface area (Å²) in [4.78, 5) is 18.3. The van der Waals surface area contributed by atoms with Crippen LogP contribution in [0.1, 0.15) is 17.0 Å². The minimum absolute atomic E-state index is 0.162. The molecule has 104 valence electrons. The minimum atomic E-state index is -4.69. The maximum atomic E-state index is 12.9. The Bertz CT molecular complexity index is 604. The van der Waals surface area contributed by atoms with Gasteiger partial charge in [0, 0.05) is 19.4 Å². The lowest BCUT2D eigenvalue weighted by Crippen LogP contribution is -2.26. The quantitative estimate of drug-likeness (QED) is 0.749. The molecule has 9 heteroatoms. The minimum Gasteiger partial charge on any atom is -0.375 e. The fourth-order valence-corrected chi connectivity index (χ4v) is 3.91. The number of thiazole rings is 1. The number of aromatic nitrogens is 1. The van der Waals surface area contributed by atoms with Crippen LogP contribution in [-0.4, -0.2) is 37.7 Å². The first-order chi connectivity index (χ1) is 8.95. The Morgan fingerprint density at radius 2 is 2.26 bits per heavy atom. The molecule has 19 heavy (non-hydrogen) atoms. The highest BCUT2D eigenvalue weighted by molar-refractivity contribution is 7.87. The summed E-state index contributed by atoms with van der Waals surface area (Å²) in [5.74, 6) is -0.404. The van der Waals surface area contributed by atoms with Gasteiger partial charge in [-0.05, 0) is 0 Å². The van der Waals surface area contributed by atoms with E-state index in [2.05, 4.69) is 4.98 Å². The van der Waals surface area contributed by atoms with Crippen LogP contribution in [-0.2, 0) is 32.8 Å². The Labute approximate surface area is 113 Å². The molecule has 3 rings (SSSR count). The summed E-state index contributed by atoms with van der Waals surface area (Å²) >= 11 is 1.30. The predicted octanol–water partition coefficient (Wildman–Crippen LogP) is 0.620. The van der Waals surface area contributed by atoms with Crippen molar-refractivity contribution in [2.24, 2.45) is 0 Å². The van der Waals surface area contributed by atoms with Gasteiger partial charge in [-0.1, -0.05) is 11.3 Å². The second-order valence-electron chi connectivity index (χ2n) is 4.47. The SMILES string of the molecule is O=C1CC(S(=O)(=O)F)CN1c1nc2c(s1)COCC2. The standard InChI is InChI=1S/C10H11FN2O4S2/c11-19(15,16)6-3-9(14)13(4-6)10-12-7-1-2-17-5-8(7)18-10/h6H,1-5H2. The van der Waals surface area contributed by atoms with E-state index in [-0.39, 0.29) is 13.0 Å². The van der Waals surface area contributed by atoms with Crippen LogP contribution in [0.25, 0.3) is 0 Å². The number of anilines is 1. The topological polar surface area (TPSA) is 76.6 Å². The van der Waals surface area contributed by atoms with Crippen LogP contribution in [0.3, 0.4) is 0 Å². The van der Waals surface area contributed by atoms with E-state index in [1.807, 2.05) is 0 Å². The summed E-state index contributed by atoms with van der Waals surface area (Å²) in [7, 11) is -4.69. The number of hydrogen-bond acceptors (Lipinski definition) is 6. The van der Waals surface area contributed by atoms with Crippen LogP contribution < -0.4 is 4.90 Å². The molecule has 0 N–H and O–H groups in total. The normalized spacial score (nSPS) is 23.7. The van der Waals surface area contributed by atoms with Crippen LogP contribution in [0.4, 0.5) is 9.02 Å². The molecule has 1 saturated heterocycles. The number of hydrogen-bond donors (Lipinski definition) is 0. The van der Waals surface area contributed by atoms with Gasteiger partial charge in [0.05, 0.1) is 23.8 Å². The van der Waals surface area contributed by atoms with Crippen molar-refractivity contribution >= 4 is 32.6 Å². The number of rotatable bonds is 2. The van der Waals surface area contributed by atoms with Crippen LogP contribution in [0.2, 0.25) is 0 Å². The highest BCUT2D eigenvalue weighted by Crippen LogP contribution is 2.33. The Morgan fingerprint density at radius 1 is 1.47 bits per heavy atom. The zero-order valence-corrected chi connectivity index (χ0v) is 11.5. The lowest BCUT2D eigenvalue weighted by Gasteiger charge is -2.11. The Balaban J connectivity index is 1.87. The fourth-order valence-electron chi connectivity index (χ4n) is 2.18. The molecule has 0 saturated carbocycles. The van der Waals surface area contributed by atoms with Crippen molar-refractivity contribution in [1.82, 2.24) is 4.98 Å². The summed E-state index contributed by atoms with van der Waals surface area (Å²) in [5, 5.41) is -0.844. The first kappa shape index (κ1) is 12.9. The largest absolute Gasteiger partial charge is 0.375 e. The van der Waals surface area contributed by atoms with E-state index in [9.17, 15) is 17.1 Å². The molecule has 1 amide bonds. The monoisotopic (exact) mass is 306 g/mol. The molecule has 1 aromatic rings. The first-order valence-electron chi connectivity index (χ1n) is 5.75. The molecule has 2 aliphatic heterocycles. The Kier molecular flexibility index (Phi) is 3.06. The molecule has 6 nitrogen and oxygen atoms in total. The third kappa shape index (κ3) is 2.37. The molecule has 1 aromatic heterocycles. The third-order valence-corrected chi connectivity index (χ3v) is 5.41. The first-order valence-corrected chi connectivity index (χ1v) is 8.01. The number of ether oxygens (including phenoxy) is 1. The maximum Gasteiger partial charge on any atom is 0.307 e. The van der Waals surface area contributed by atoms with Gasteiger partial charge in [0.2, 0.25) is 5.91 Å². The van der Waals surface area contributed by atoms with Crippen molar-refractivity contribution in [3.05, 3.63) is 10.6 Å². The number of amides is 1. The summed E-state index contributed by atoms with van der Waals surface area (Å²) in [5.41, 5.74) is 0.880. The summed E-state index contributed by atoms with van der Waals surface area (Å²) in [6, 6.07) is 0. The van der Waals surface area contributed by atoms with Gasteiger partial charge in [-0.3, -0.25) is 9.69 Å². The summed E-state index contributed by atoms with van der Waals surface area (Å²) in [6.45, 7) is 0.885. The average molecular weight is 306 g/mol. The number of carbonyl (C=O) groups is 1. The number of carbonyl (C=O) groups excluding carboxylic acids is 1. The zero-order valence-electron chi connectivity index (χ0n) is 9.83. The van der Waals surface area contributed by atoms with E-state index >= 15 is 0 Å². The molecule has 0 aromatic carbocycles. The van der Waals surface area contributed by atoms with Gasteiger partial charge in [-0.2, -0.15) is 8.42 Å². The van der Waals surface area contributed by atoms with Gasteiger partial charge in [-0.25, -0.2) is 4.98 Å². The van der Waals surface area contributed by atoms with E-state index in [0.29, 0.717) is 24.8 Å². The third-order valence-electron chi connectivity index (χ3n) is 3.20. The van der Waals surface area contributed by atoms with Crippen molar-refractivity contribution in [2.75, 3.05) is 18.1 Å². The summed E-state index contributed by atoms with van der Waals surface area (Å²) in [6.07, 6.45) is 0.359. The second-order valence-corrected chi connectivity index (χ2v) is 7.15. The molecule has 1 fully saturated rings. The number of nitrogens with zero attached hydrogens (tertiary/aromatic N) is 2. The van der Waals surface area contributed by atoms with Crippen LogP contribution in [0.15, 0.2) is 0 Å². The Morgan fingerprint density at radius 3 is 2.89 bits per heavy atom. The lowest BCUT2D eigenvalue weighted by atomic mass is 10.2. The summed E-state index contributed by atoms with van der Waals surface area (Å²) < 4.78 is 40.0. The number of halogens is 1. The molecular formula is C10H11FN2O4S2. The molecular weight excluding hydrogens is 295 g/mol. The van der Waals surface area contributed by atoms with Gasteiger partial charge in [0.25, 0.3) is 0 Å². The van der Waals surface area contributed by atoms with E-state index in [4.69, 9.17) is 4.74 Å². The highest BCUT2D eigenvalue weighted by atomic mass is 32.3. The zero-order chi connectivity index (χ0) is 13.6. The number of fused-ring (bicyclic) bond motifs is 1. The molecule has 0 bridgehead atoms. The molecule has 1 unspecified atom stereocenters. The van der Waals surface area contributed by atoms with Crippen LogP contribution in [0.5, 0.6) is 0 Å². The van der Waals surface area contributed by atoms with Crippen molar-refractivity contribution in [2.45, 2.75) is 24.7 Å². The van der Waals surface area contributed by atoms with E-state index in [1.54, 1.807) is 0 Å². The predicted molar refractivity (Wildman–Crippen MR) is 66.3 cm³/mol. The molecule has 0 aliphatic carbocycles. The van der Waals surface area contributed by atoms with E-state index in [0.717, 1.165) is 10.6 Å². The van der Waals surface area contributed by atoms with Gasteiger partial charge in [0.1, 0.15) is 5.25 Å². The lowest BCUT2D eigenvalue weighted by molar-refractivity contribution is -0.117. The second kappa shape index (κ2) is 4.50. The van der Waals surface area contributed by atoms with Crippen molar-refractivity contribution in [3.8, 4) is 0 Å². The van der Waals surface area contributed by atoms with E-state index < -0.39 is 21.4 Å². The molecule has 3 heterocycles. The molecule has 0 radical (unpaired) electrons. The fraction of sp³-hybridized carbons (Fsp3) is 0.600. The highest BCUT2D eigenvalue weighted by Gasteiger charge is 2.40. The maximum absolute atomic E-state index is 12.9. The molecule has 2 aliphatic rings. The van der Waals surface area contributed by atoms with Crippen molar-refractivity contribution in [3.63, 3.8) is 0 Å². The Hall–Kier alpha value is -1.06. The van der Waals surface area contributed by atoms with Crippen LogP contribution >= 0.6 is 11.3 Å².